The molecule has 0 aliphatic heterocycles. The van der Waals surface area contributed by atoms with Crippen LogP contribution < -0.4 is 0 Å². The van der Waals surface area contributed by atoms with Crippen LogP contribution in [0, 0.1) is 0 Å². The fourth-order valence-electron chi connectivity index (χ4n) is 2.33. The molecule has 114 valence electrons. The van der Waals surface area contributed by atoms with Crippen LogP contribution in [0.25, 0.3) is 11.1 Å². The van der Waals surface area contributed by atoms with Crippen LogP contribution in [0.5, 0.6) is 0 Å². The van der Waals surface area contributed by atoms with Crippen molar-refractivity contribution in [3.8, 4) is 11.1 Å². The van der Waals surface area contributed by atoms with Crippen LogP contribution in [-0.4, -0.2) is 22.3 Å². The number of aliphatic hydroxyl groups excluding tert-OH is 1. The van der Waals surface area contributed by atoms with Crippen molar-refractivity contribution in [2.24, 2.45) is 0 Å². The van der Waals surface area contributed by atoms with Gasteiger partial charge in [0, 0.05) is 5.57 Å². The molecule has 1 unspecified atom stereocenters. The molecule has 0 bridgehead atoms. The number of carboxylic acid groups (broad SMARTS) is 1. The highest BCUT2D eigenvalue weighted by Crippen LogP contribution is 2.24. The van der Waals surface area contributed by atoms with Gasteiger partial charge in [0.1, 0.15) is 0 Å². The van der Waals surface area contributed by atoms with Gasteiger partial charge in [-0.05, 0) is 36.5 Å². The highest BCUT2D eigenvalue weighted by molar-refractivity contribution is 5.85. The number of aliphatic carboxylic acids is 1. The molecule has 0 saturated carbocycles. The first-order chi connectivity index (χ1) is 10.6. The van der Waals surface area contributed by atoms with E-state index in [-0.39, 0.29) is 5.57 Å². The van der Waals surface area contributed by atoms with Gasteiger partial charge < -0.3 is 10.2 Å². The number of benzene rings is 2. The smallest absolute Gasteiger partial charge is 0.330 e. The average Bonchev–Trinajstić information content (AvgIpc) is 2.54. The molecule has 2 rings (SSSR count). The Balaban J connectivity index is 2.14. The molecule has 0 aromatic heterocycles. The lowest BCUT2D eigenvalue weighted by Gasteiger charge is -2.13. The van der Waals surface area contributed by atoms with Gasteiger partial charge in [-0.15, -0.1) is 0 Å². The third-order valence-electron chi connectivity index (χ3n) is 3.59. The first-order valence-corrected chi connectivity index (χ1v) is 7.29. The first kappa shape index (κ1) is 16.0. The molecular weight excluding hydrogens is 276 g/mol. The monoisotopic (exact) mass is 296 g/mol. The molecule has 2 N–H and O–H groups in total. The average molecular weight is 296 g/mol. The third-order valence-corrected chi connectivity index (χ3v) is 3.59. The Kier molecular flexibility index (Phi) is 5.50. The Morgan fingerprint density at radius 2 is 1.73 bits per heavy atom. The number of aliphatic hydroxyl groups is 1. The second-order valence-electron chi connectivity index (χ2n) is 5.31. The van der Waals surface area contributed by atoms with Gasteiger partial charge in [-0.2, -0.15) is 0 Å². The topological polar surface area (TPSA) is 57.5 Å². The molecule has 0 amide bonds. The van der Waals surface area contributed by atoms with E-state index < -0.39 is 12.1 Å². The molecule has 3 nitrogen and oxygen atoms in total. The summed E-state index contributed by atoms with van der Waals surface area (Å²) in [7, 11) is 0. The number of rotatable bonds is 6. The number of hydrogen-bond acceptors (Lipinski definition) is 2. The quantitative estimate of drug-likeness (QED) is 0.799. The zero-order valence-electron chi connectivity index (χ0n) is 12.6. The van der Waals surface area contributed by atoms with E-state index in [4.69, 9.17) is 5.11 Å². The Bertz CT molecular complexity index is 659. The zero-order chi connectivity index (χ0) is 15.9. The Morgan fingerprint density at radius 3 is 2.41 bits per heavy atom. The molecule has 22 heavy (non-hydrogen) atoms. The summed E-state index contributed by atoms with van der Waals surface area (Å²) >= 11 is 0. The summed E-state index contributed by atoms with van der Waals surface area (Å²) in [4.78, 5) is 10.8. The highest BCUT2D eigenvalue weighted by atomic mass is 16.4. The molecule has 3 heteroatoms. The van der Waals surface area contributed by atoms with Gasteiger partial charge in [-0.3, -0.25) is 0 Å². The van der Waals surface area contributed by atoms with Crippen molar-refractivity contribution < 1.29 is 15.0 Å². The van der Waals surface area contributed by atoms with Crippen LogP contribution in [0.1, 0.15) is 18.9 Å². The highest BCUT2D eigenvalue weighted by Gasteiger charge is 2.10. The minimum absolute atomic E-state index is 0.260. The van der Waals surface area contributed by atoms with Crippen LogP contribution in [0.3, 0.4) is 0 Å². The van der Waals surface area contributed by atoms with Gasteiger partial charge in [0.05, 0.1) is 6.10 Å². The van der Waals surface area contributed by atoms with E-state index in [2.05, 4.69) is 0 Å². The molecule has 0 aliphatic rings. The fourth-order valence-corrected chi connectivity index (χ4v) is 2.33. The fraction of sp³-hybridized carbons (Fsp3) is 0.211. The van der Waals surface area contributed by atoms with Crippen LogP contribution in [0.15, 0.2) is 66.2 Å². The first-order valence-electron chi connectivity index (χ1n) is 7.29. The van der Waals surface area contributed by atoms with Crippen LogP contribution >= 0.6 is 0 Å². The Hall–Kier alpha value is -2.39. The van der Waals surface area contributed by atoms with Gasteiger partial charge in [0.2, 0.25) is 0 Å². The molecule has 0 saturated heterocycles. The van der Waals surface area contributed by atoms with Crippen molar-refractivity contribution in [3.05, 3.63) is 71.8 Å². The second-order valence-corrected chi connectivity index (χ2v) is 5.31. The summed E-state index contributed by atoms with van der Waals surface area (Å²) in [6.45, 7) is 1.53. The summed E-state index contributed by atoms with van der Waals surface area (Å²) in [5.74, 6) is -0.947. The van der Waals surface area contributed by atoms with Crippen molar-refractivity contribution >= 4 is 5.97 Å². The van der Waals surface area contributed by atoms with Crippen LogP contribution in [0.2, 0.25) is 0 Å². The maximum absolute atomic E-state index is 10.8. The predicted octanol–water partition coefficient (Wildman–Crippen LogP) is 3.68. The molecule has 0 aliphatic carbocycles. The molecule has 1 atom stereocenters. The molecule has 0 spiro atoms. The van der Waals surface area contributed by atoms with E-state index in [1.54, 1.807) is 6.08 Å². The number of carboxylic acids is 1. The largest absolute Gasteiger partial charge is 0.478 e. The van der Waals surface area contributed by atoms with E-state index in [0.717, 1.165) is 16.7 Å². The lowest BCUT2D eigenvalue weighted by Crippen LogP contribution is -2.11. The van der Waals surface area contributed by atoms with E-state index in [0.29, 0.717) is 12.8 Å². The Morgan fingerprint density at radius 1 is 1.09 bits per heavy atom. The van der Waals surface area contributed by atoms with Crippen LogP contribution in [0.4, 0.5) is 0 Å². The summed E-state index contributed by atoms with van der Waals surface area (Å²) in [6, 6.07) is 18.0. The van der Waals surface area contributed by atoms with Crippen molar-refractivity contribution in [2.75, 3.05) is 0 Å². The molecular formula is C19H20O3. The predicted molar refractivity (Wildman–Crippen MR) is 87.6 cm³/mol. The zero-order valence-corrected chi connectivity index (χ0v) is 12.6. The molecule has 0 heterocycles. The van der Waals surface area contributed by atoms with Gasteiger partial charge in [0.25, 0.3) is 0 Å². The minimum Gasteiger partial charge on any atom is -0.478 e. The summed E-state index contributed by atoms with van der Waals surface area (Å²) in [6.07, 6.45) is 1.80. The lowest BCUT2D eigenvalue weighted by molar-refractivity contribution is -0.132. The maximum atomic E-state index is 10.8. The molecule has 2 aromatic carbocycles. The van der Waals surface area contributed by atoms with Crippen molar-refractivity contribution in [2.45, 2.75) is 25.9 Å². The van der Waals surface area contributed by atoms with Gasteiger partial charge in [-0.1, -0.05) is 60.7 Å². The van der Waals surface area contributed by atoms with Crippen molar-refractivity contribution in [1.82, 2.24) is 0 Å². The van der Waals surface area contributed by atoms with Gasteiger partial charge in [0.15, 0.2) is 0 Å². The number of carbonyl (C=O) groups is 1. The summed E-state index contributed by atoms with van der Waals surface area (Å²) in [5, 5.41) is 19.0. The van der Waals surface area contributed by atoms with E-state index in [1.807, 2.05) is 54.6 Å². The minimum atomic E-state index is -0.947. The second kappa shape index (κ2) is 7.57. The number of hydrogen-bond donors (Lipinski definition) is 2. The van der Waals surface area contributed by atoms with Crippen molar-refractivity contribution in [1.29, 1.82) is 0 Å². The van der Waals surface area contributed by atoms with Crippen LogP contribution in [-0.2, 0) is 11.2 Å². The summed E-state index contributed by atoms with van der Waals surface area (Å²) in [5.41, 5.74) is 3.53. The van der Waals surface area contributed by atoms with Gasteiger partial charge in [-0.25, -0.2) is 4.79 Å². The third kappa shape index (κ3) is 4.30. The van der Waals surface area contributed by atoms with E-state index in [1.165, 1.54) is 6.92 Å². The molecule has 0 fully saturated rings. The summed E-state index contributed by atoms with van der Waals surface area (Å²) < 4.78 is 0. The lowest BCUT2D eigenvalue weighted by atomic mass is 9.95. The molecule has 2 aromatic rings. The Labute approximate surface area is 130 Å². The normalized spacial score (nSPS) is 12.9. The standard InChI is InChI=1S/C19H20O3/c1-14(19(21)22)11-12-17(20)13-16-9-5-6-10-18(16)15-7-3-2-4-8-15/h2-11,17,20H,12-13H2,1H3,(H,21,22)/b14-11+. The maximum Gasteiger partial charge on any atom is 0.330 e. The van der Waals surface area contributed by atoms with Crippen molar-refractivity contribution in [3.63, 3.8) is 0 Å². The molecule has 0 radical (unpaired) electrons. The SMILES string of the molecule is C/C(=C\CC(O)Cc1ccccc1-c1ccccc1)C(=O)O. The van der Waals surface area contributed by atoms with E-state index in [9.17, 15) is 9.90 Å². The van der Waals surface area contributed by atoms with E-state index >= 15 is 0 Å². The van der Waals surface area contributed by atoms with Gasteiger partial charge >= 0.3 is 5.97 Å².